The van der Waals surface area contributed by atoms with E-state index in [0.717, 1.165) is 11.6 Å². The smallest absolute Gasteiger partial charge is 0.158 e. The highest BCUT2D eigenvalue weighted by atomic mass is 16.3. The molecule has 1 fully saturated rings. The Bertz CT molecular complexity index is 340. The Kier molecular flexibility index (Phi) is 3.28. The number of H-pyrrole nitrogens is 1. The van der Waals surface area contributed by atoms with Gasteiger partial charge in [0, 0.05) is 11.3 Å². The van der Waals surface area contributed by atoms with Crippen LogP contribution in [0.4, 0.5) is 0 Å². The Balaban J connectivity index is 2.12. The Labute approximate surface area is 96.5 Å². The summed E-state index contributed by atoms with van der Waals surface area (Å²) in [5.74, 6) is 2.29. The van der Waals surface area contributed by atoms with Crippen LogP contribution in [0.15, 0.2) is 0 Å². The fourth-order valence-corrected chi connectivity index (χ4v) is 2.21. The third kappa shape index (κ3) is 2.26. The Morgan fingerprint density at radius 1 is 1.31 bits per heavy atom. The second-order valence-electron chi connectivity index (χ2n) is 5.42. The molecule has 1 aromatic rings. The summed E-state index contributed by atoms with van der Waals surface area (Å²) in [6.07, 6.45) is 6.37. The van der Waals surface area contributed by atoms with Gasteiger partial charge in [-0.05, 0) is 12.8 Å². The predicted octanol–water partition coefficient (Wildman–Crippen LogP) is 2.12. The lowest BCUT2D eigenvalue weighted by Crippen LogP contribution is -2.23. The van der Waals surface area contributed by atoms with Crippen molar-refractivity contribution in [1.29, 1.82) is 0 Å². The highest BCUT2D eigenvalue weighted by molar-refractivity contribution is 5.07. The van der Waals surface area contributed by atoms with Gasteiger partial charge in [-0.25, -0.2) is 4.98 Å². The van der Waals surface area contributed by atoms with Crippen LogP contribution in [0.2, 0.25) is 0 Å². The first kappa shape index (κ1) is 11.6. The summed E-state index contributed by atoms with van der Waals surface area (Å²) in [4.78, 5) is 4.55. The first-order valence-electron chi connectivity index (χ1n) is 6.17. The molecule has 0 spiro atoms. The van der Waals surface area contributed by atoms with Crippen LogP contribution in [-0.2, 0) is 5.41 Å². The lowest BCUT2D eigenvalue weighted by molar-refractivity contribution is 0.212. The lowest BCUT2D eigenvalue weighted by Gasteiger charge is -2.19. The summed E-state index contributed by atoms with van der Waals surface area (Å²) in [7, 11) is 0. The molecule has 16 heavy (non-hydrogen) atoms. The van der Waals surface area contributed by atoms with Crippen LogP contribution in [0, 0.1) is 0 Å². The van der Waals surface area contributed by atoms with Gasteiger partial charge in [0.1, 0.15) is 5.82 Å². The number of hydrogen-bond donors (Lipinski definition) is 2. The monoisotopic (exact) mass is 223 g/mol. The zero-order valence-corrected chi connectivity index (χ0v) is 10.2. The van der Waals surface area contributed by atoms with Crippen LogP contribution in [0.3, 0.4) is 0 Å². The minimum Gasteiger partial charge on any atom is -0.395 e. The average Bonchev–Trinajstić information content (AvgIpc) is 2.80. The van der Waals surface area contributed by atoms with Gasteiger partial charge in [0.25, 0.3) is 0 Å². The molecule has 0 saturated heterocycles. The van der Waals surface area contributed by atoms with E-state index in [1.165, 1.54) is 32.1 Å². The van der Waals surface area contributed by atoms with E-state index in [-0.39, 0.29) is 12.0 Å². The van der Waals surface area contributed by atoms with Crippen LogP contribution in [-0.4, -0.2) is 26.9 Å². The molecular formula is C12H21N3O. The summed E-state index contributed by atoms with van der Waals surface area (Å²) in [6, 6.07) is 0. The van der Waals surface area contributed by atoms with Gasteiger partial charge in [-0.1, -0.05) is 33.1 Å². The van der Waals surface area contributed by atoms with Crippen molar-refractivity contribution in [1.82, 2.24) is 15.2 Å². The predicted molar refractivity (Wildman–Crippen MR) is 62.3 cm³/mol. The van der Waals surface area contributed by atoms with Crippen LogP contribution >= 0.6 is 0 Å². The third-order valence-corrected chi connectivity index (χ3v) is 3.50. The minimum atomic E-state index is -0.344. The average molecular weight is 223 g/mol. The first-order valence-corrected chi connectivity index (χ1v) is 6.17. The molecule has 1 saturated carbocycles. The molecule has 1 aliphatic carbocycles. The molecule has 4 nitrogen and oxygen atoms in total. The van der Waals surface area contributed by atoms with E-state index < -0.39 is 0 Å². The molecular weight excluding hydrogens is 202 g/mol. The molecule has 0 aliphatic heterocycles. The maximum absolute atomic E-state index is 9.27. The van der Waals surface area contributed by atoms with Gasteiger partial charge in [-0.3, -0.25) is 5.10 Å². The van der Waals surface area contributed by atoms with E-state index in [4.69, 9.17) is 0 Å². The molecule has 0 unspecified atom stereocenters. The molecule has 1 aromatic heterocycles. The maximum Gasteiger partial charge on any atom is 0.158 e. The van der Waals surface area contributed by atoms with Gasteiger partial charge in [0.15, 0.2) is 5.82 Å². The van der Waals surface area contributed by atoms with Crippen molar-refractivity contribution in [2.75, 3.05) is 6.61 Å². The number of aliphatic hydroxyl groups is 1. The molecule has 1 heterocycles. The van der Waals surface area contributed by atoms with Crippen molar-refractivity contribution >= 4 is 0 Å². The van der Waals surface area contributed by atoms with Crippen molar-refractivity contribution in [2.45, 2.75) is 57.3 Å². The molecule has 0 aromatic carbocycles. The lowest BCUT2D eigenvalue weighted by atomic mass is 9.88. The van der Waals surface area contributed by atoms with Gasteiger partial charge in [-0.15, -0.1) is 0 Å². The summed E-state index contributed by atoms with van der Waals surface area (Å²) in [5.41, 5.74) is -0.344. The molecule has 0 bridgehead atoms. The van der Waals surface area contributed by atoms with E-state index in [9.17, 15) is 5.11 Å². The van der Waals surface area contributed by atoms with Crippen LogP contribution in [0.25, 0.3) is 0 Å². The number of hydrogen-bond acceptors (Lipinski definition) is 3. The number of aromatic nitrogens is 3. The van der Waals surface area contributed by atoms with Gasteiger partial charge in [0.05, 0.1) is 6.61 Å². The van der Waals surface area contributed by atoms with Crippen LogP contribution in [0.1, 0.15) is 63.5 Å². The fraction of sp³-hybridized carbons (Fsp3) is 0.833. The molecule has 90 valence electrons. The van der Waals surface area contributed by atoms with Crippen molar-refractivity contribution in [3.8, 4) is 0 Å². The van der Waals surface area contributed by atoms with E-state index in [0.29, 0.717) is 5.92 Å². The van der Waals surface area contributed by atoms with Crippen molar-refractivity contribution in [3.63, 3.8) is 0 Å². The van der Waals surface area contributed by atoms with Crippen molar-refractivity contribution in [2.24, 2.45) is 0 Å². The highest BCUT2D eigenvalue weighted by Crippen LogP contribution is 2.31. The summed E-state index contributed by atoms with van der Waals surface area (Å²) in [5, 5.41) is 16.6. The largest absolute Gasteiger partial charge is 0.395 e. The molecule has 2 N–H and O–H groups in total. The Morgan fingerprint density at radius 3 is 2.62 bits per heavy atom. The number of aliphatic hydroxyl groups excluding tert-OH is 1. The standard InChI is InChI=1S/C12H21N3O/c1-12(2,8-16)11-13-10(14-15-11)9-6-4-3-5-7-9/h9,16H,3-8H2,1-2H3,(H,13,14,15). The summed E-state index contributed by atoms with van der Waals surface area (Å²) in [6.45, 7) is 4.00. The zero-order chi connectivity index (χ0) is 11.6. The normalized spacial score (nSPS) is 18.9. The first-order chi connectivity index (χ1) is 7.63. The number of nitrogens with one attached hydrogen (secondary N) is 1. The number of nitrogens with zero attached hydrogens (tertiary/aromatic N) is 2. The highest BCUT2D eigenvalue weighted by Gasteiger charge is 2.26. The summed E-state index contributed by atoms with van der Waals surface area (Å²) < 4.78 is 0. The Hall–Kier alpha value is -0.900. The van der Waals surface area contributed by atoms with Crippen molar-refractivity contribution in [3.05, 3.63) is 11.6 Å². The fourth-order valence-electron chi connectivity index (χ4n) is 2.21. The third-order valence-electron chi connectivity index (χ3n) is 3.50. The molecule has 1 aliphatic rings. The number of aromatic amines is 1. The van der Waals surface area contributed by atoms with E-state index in [1.54, 1.807) is 0 Å². The SMILES string of the molecule is CC(C)(CO)c1n[nH]c(C2CCCCC2)n1. The van der Waals surface area contributed by atoms with Gasteiger partial charge in [-0.2, -0.15) is 5.10 Å². The van der Waals surface area contributed by atoms with Crippen LogP contribution in [0.5, 0.6) is 0 Å². The second-order valence-corrected chi connectivity index (χ2v) is 5.42. The topological polar surface area (TPSA) is 61.8 Å². The molecule has 2 rings (SSSR count). The van der Waals surface area contributed by atoms with Crippen molar-refractivity contribution < 1.29 is 5.11 Å². The molecule has 0 atom stereocenters. The molecule has 0 radical (unpaired) electrons. The quantitative estimate of drug-likeness (QED) is 0.825. The van der Waals surface area contributed by atoms with E-state index >= 15 is 0 Å². The van der Waals surface area contributed by atoms with Gasteiger partial charge >= 0.3 is 0 Å². The second kappa shape index (κ2) is 4.53. The van der Waals surface area contributed by atoms with Gasteiger partial charge in [0.2, 0.25) is 0 Å². The minimum absolute atomic E-state index is 0.0783. The Morgan fingerprint density at radius 2 is 2.00 bits per heavy atom. The molecule has 4 heteroatoms. The number of rotatable bonds is 3. The van der Waals surface area contributed by atoms with E-state index in [2.05, 4.69) is 15.2 Å². The zero-order valence-electron chi connectivity index (χ0n) is 10.2. The maximum atomic E-state index is 9.27. The van der Waals surface area contributed by atoms with Crippen LogP contribution < -0.4 is 0 Å². The van der Waals surface area contributed by atoms with E-state index in [1.807, 2.05) is 13.8 Å². The van der Waals surface area contributed by atoms with Gasteiger partial charge < -0.3 is 5.11 Å². The molecule has 0 amide bonds. The summed E-state index contributed by atoms with van der Waals surface area (Å²) >= 11 is 0.